The van der Waals surface area contributed by atoms with Crippen LogP contribution >= 0.6 is 0 Å². The van der Waals surface area contributed by atoms with Crippen LogP contribution in [-0.4, -0.2) is 11.7 Å². The van der Waals surface area contributed by atoms with Gasteiger partial charge in [-0.05, 0) is 37.0 Å². The van der Waals surface area contributed by atoms with Crippen molar-refractivity contribution in [3.05, 3.63) is 29.8 Å². The summed E-state index contributed by atoms with van der Waals surface area (Å²) in [7, 11) is 0. The summed E-state index contributed by atoms with van der Waals surface area (Å²) in [5.74, 6) is 0.515. The van der Waals surface area contributed by atoms with E-state index in [2.05, 4.69) is 11.4 Å². The third kappa shape index (κ3) is 6.00. The minimum atomic E-state index is 0. The van der Waals surface area contributed by atoms with Crippen LogP contribution in [0.5, 0.6) is 0 Å². The van der Waals surface area contributed by atoms with Crippen LogP contribution in [0.1, 0.15) is 53.4 Å². The number of ketones is 1. The van der Waals surface area contributed by atoms with Gasteiger partial charge in [-0.1, -0.05) is 32.9 Å². The maximum absolute atomic E-state index is 11.5. The van der Waals surface area contributed by atoms with Gasteiger partial charge in [-0.15, -0.1) is 0 Å². The Hall–Kier alpha value is -1.64. The van der Waals surface area contributed by atoms with Gasteiger partial charge in [0, 0.05) is 25.9 Å². The fourth-order valence-corrected chi connectivity index (χ4v) is 1.97. The molecule has 0 aromatic heterocycles. The molecule has 0 aliphatic rings. The first-order valence-electron chi connectivity index (χ1n) is 7.44. The molecule has 0 heterocycles. The van der Waals surface area contributed by atoms with Crippen molar-refractivity contribution in [3.8, 4) is 0 Å². The molecule has 0 unspecified atom stereocenters. The Morgan fingerprint density at radius 1 is 1.25 bits per heavy atom. The number of hydrogen-bond acceptors (Lipinski definition) is 2. The van der Waals surface area contributed by atoms with Gasteiger partial charge in [0.15, 0.2) is 0 Å². The molecule has 112 valence electrons. The first-order chi connectivity index (χ1) is 9.52. The molecule has 0 bridgehead atoms. The Morgan fingerprint density at radius 3 is 2.65 bits per heavy atom. The molecule has 20 heavy (non-hydrogen) atoms. The van der Waals surface area contributed by atoms with Gasteiger partial charge in [-0.3, -0.25) is 9.59 Å². The van der Waals surface area contributed by atoms with E-state index in [1.54, 1.807) is 0 Å². The summed E-state index contributed by atoms with van der Waals surface area (Å²) < 4.78 is 0. The number of Topliss-reactive ketones (excluding diaryl/α,β-unsaturated/α-hetero) is 1. The van der Waals surface area contributed by atoms with E-state index in [4.69, 9.17) is 0 Å². The number of hydrogen-bond donors (Lipinski definition) is 1. The van der Waals surface area contributed by atoms with E-state index < -0.39 is 0 Å². The van der Waals surface area contributed by atoms with Crippen molar-refractivity contribution in [3.63, 3.8) is 0 Å². The predicted octanol–water partition coefficient (Wildman–Crippen LogP) is 4.22. The van der Waals surface area contributed by atoms with Gasteiger partial charge in [0.2, 0.25) is 5.91 Å². The highest BCUT2D eigenvalue weighted by Gasteiger charge is 2.06. The molecule has 0 saturated heterocycles. The summed E-state index contributed by atoms with van der Waals surface area (Å²) in [5, 5.41) is 2.86. The number of anilines is 1. The molecule has 0 saturated carbocycles. The van der Waals surface area contributed by atoms with Gasteiger partial charge < -0.3 is 5.32 Å². The lowest BCUT2D eigenvalue weighted by atomic mass is 10.0. The molecule has 0 aliphatic carbocycles. The fourth-order valence-electron chi connectivity index (χ4n) is 1.97. The second-order valence-electron chi connectivity index (χ2n) is 5.43. The van der Waals surface area contributed by atoms with Crippen molar-refractivity contribution < 1.29 is 11.0 Å². The van der Waals surface area contributed by atoms with Crippen LogP contribution in [0.3, 0.4) is 0 Å². The molecule has 3 nitrogen and oxygen atoms in total. The summed E-state index contributed by atoms with van der Waals surface area (Å²) in [5.41, 5.74) is 2.06. The standard InChI is InChI=1S/C17H25NO2.H2/c1-4-17(20)18-15-10-7-9-14(12-15)8-5-6-11-16(19)13(2)3;/h7,9-10,12-13H,4-6,8,11H2,1-3H3,(H,18,20);1H. The number of benzene rings is 1. The lowest BCUT2D eigenvalue weighted by Gasteiger charge is -2.07. The number of unbranched alkanes of at least 4 members (excludes halogenated alkanes) is 1. The maximum atomic E-state index is 11.5. The molecule has 1 aromatic rings. The quantitative estimate of drug-likeness (QED) is 0.723. The molecule has 0 radical (unpaired) electrons. The second-order valence-corrected chi connectivity index (χ2v) is 5.43. The van der Waals surface area contributed by atoms with Crippen LogP contribution in [0.2, 0.25) is 0 Å². The van der Waals surface area contributed by atoms with Crippen molar-refractivity contribution in [2.45, 2.75) is 52.9 Å². The Balaban J connectivity index is 0.00000400. The highest BCUT2D eigenvalue weighted by atomic mass is 16.1. The molecule has 0 spiro atoms. The molecule has 0 aliphatic heterocycles. The van der Waals surface area contributed by atoms with E-state index >= 15 is 0 Å². The number of carbonyl (C=O) groups excluding carboxylic acids is 2. The maximum Gasteiger partial charge on any atom is 0.224 e. The van der Waals surface area contributed by atoms with Crippen molar-refractivity contribution >= 4 is 17.4 Å². The SMILES string of the molecule is CCC(=O)Nc1cccc(CCCCC(=O)C(C)C)c1.[HH]. The van der Waals surface area contributed by atoms with E-state index in [-0.39, 0.29) is 13.3 Å². The van der Waals surface area contributed by atoms with Crippen LogP contribution in [0.25, 0.3) is 0 Å². The molecule has 1 amide bonds. The van der Waals surface area contributed by atoms with E-state index in [1.807, 2.05) is 39.0 Å². The van der Waals surface area contributed by atoms with Crippen LogP contribution < -0.4 is 5.32 Å². The second kappa shape index (κ2) is 8.51. The topological polar surface area (TPSA) is 46.2 Å². The Morgan fingerprint density at radius 2 is 2.00 bits per heavy atom. The van der Waals surface area contributed by atoms with Crippen molar-refractivity contribution in [2.75, 3.05) is 5.32 Å². The van der Waals surface area contributed by atoms with Gasteiger partial charge in [-0.2, -0.15) is 0 Å². The number of nitrogens with one attached hydrogen (secondary N) is 1. The predicted molar refractivity (Wildman–Crippen MR) is 84.9 cm³/mol. The molecule has 0 fully saturated rings. The van der Waals surface area contributed by atoms with E-state index in [0.29, 0.717) is 18.6 Å². The van der Waals surface area contributed by atoms with Crippen molar-refractivity contribution in [2.24, 2.45) is 5.92 Å². The summed E-state index contributed by atoms with van der Waals surface area (Å²) in [6.07, 6.45) is 4.04. The van der Waals surface area contributed by atoms with Gasteiger partial charge >= 0.3 is 0 Å². The number of rotatable bonds is 8. The normalized spacial score (nSPS) is 10.6. The highest BCUT2D eigenvalue weighted by molar-refractivity contribution is 5.90. The molecular weight excluding hydrogens is 250 g/mol. The van der Waals surface area contributed by atoms with Crippen LogP contribution in [0, 0.1) is 5.92 Å². The first kappa shape index (κ1) is 16.4. The summed E-state index contributed by atoms with van der Waals surface area (Å²) in [6, 6.07) is 7.93. The van der Waals surface area contributed by atoms with E-state index in [0.717, 1.165) is 24.9 Å². The number of carbonyl (C=O) groups is 2. The fraction of sp³-hybridized carbons (Fsp3) is 0.529. The minimum Gasteiger partial charge on any atom is -0.326 e. The zero-order valence-corrected chi connectivity index (χ0v) is 12.7. The number of aryl methyl sites for hydroxylation is 1. The highest BCUT2D eigenvalue weighted by Crippen LogP contribution is 2.14. The van der Waals surface area contributed by atoms with Gasteiger partial charge in [0.1, 0.15) is 5.78 Å². The van der Waals surface area contributed by atoms with Crippen LogP contribution in [-0.2, 0) is 16.0 Å². The van der Waals surface area contributed by atoms with Gasteiger partial charge in [-0.25, -0.2) is 0 Å². The van der Waals surface area contributed by atoms with Crippen molar-refractivity contribution in [1.82, 2.24) is 0 Å². The van der Waals surface area contributed by atoms with Gasteiger partial charge in [0.05, 0.1) is 0 Å². The first-order valence-corrected chi connectivity index (χ1v) is 7.44. The minimum absolute atomic E-state index is 0. The Labute approximate surface area is 123 Å². The monoisotopic (exact) mass is 277 g/mol. The summed E-state index contributed by atoms with van der Waals surface area (Å²) >= 11 is 0. The van der Waals surface area contributed by atoms with E-state index in [9.17, 15) is 9.59 Å². The zero-order chi connectivity index (χ0) is 15.0. The lowest BCUT2D eigenvalue weighted by molar-refractivity contribution is -0.122. The third-order valence-electron chi connectivity index (χ3n) is 3.31. The largest absolute Gasteiger partial charge is 0.326 e. The molecule has 1 N–H and O–H groups in total. The zero-order valence-electron chi connectivity index (χ0n) is 12.7. The summed E-state index contributed by atoms with van der Waals surface area (Å²) in [6.45, 7) is 5.73. The Bertz CT molecular complexity index is 458. The van der Waals surface area contributed by atoms with Crippen LogP contribution in [0.15, 0.2) is 24.3 Å². The molecule has 1 rings (SSSR count). The molecule has 0 atom stereocenters. The van der Waals surface area contributed by atoms with Crippen molar-refractivity contribution in [1.29, 1.82) is 0 Å². The van der Waals surface area contributed by atoms with Gasteiger partial charge in [0.25, 0.3) is 0 Å². The number of amides is 1. The van der Waals surface area contributed by atoms with Crippen LogP contribution in [0.4, 0.5) is 5.69 Å². The molecular formula is C17H27NO2. The van der Waals surface area contributed by atoms with E-state index in [1.165, 1.54) is 5.56 Å². The molecule has 1 aromatic carbocycles. The third-order valence-corrected chi connectivity index (χ3v) is 3.31. The lowest BCUT2D eigenvalue weighted by Crippen LogP contribution is -2.09. The smallest absolute Gasteiger partial charge is 0.224 e. The summed E-state index contributed by atoms with van der Waals surface area (Å²) in [4.78, 5) is 22.9. The molecule has 3 heteroatoms. The average molecular weight is 277 g/mol. The Kier molecular flexibility index (Phi) is 6.99. The average Bonchev–Trinajstić information content (AvgIpc) is 2.43.